The minimum Gasteiger partial charge on any atom is -0.383 e. The van der Waals surface area contributed by atoms with Crippen molar-refractivity contribution < 1.29 is 4.39 Å². The zero-order valence-electron chi connectivity index (χ0n) is 10.2. The molecule has 0 bridgehead atoms. The van der Waals surface area contributed by atoms with E-state index in [0.717, 1.165) is 17.5 Å². The Morgan fingerprint density at radius 1 is 1.47 bits per heavy atom. The van der Waals surface area contributed by atoms with Crippen molar-refractivity contribution in [3.63, 3.8) is 0 Å². The van der Waals surface area contributed by atoms with Crippen molar-refractivity contribution in [3.05, 3.63) is 60.1 Å². The quantitative estimate of drug-likeness (QED) is 0.661. The lowest BCUT2D eigenvalue weighted by molar-refractivity contribution is 0.669. The number of fused-ring (bicyclic) bond motifs is 1. The molecular formula is C13H14FN5. The van der Waals surface area contributed by atoms with E-state index < -0.39 is 11.6 Å². The van der Waals surface area contributed by atoms with Crippen LogP contribution in [0.5, 0.6) is 0 Å². The lowest BCUT2D eigenvalue weighted by atomic mass is 9.98. The van der Waals surface area contributed by atoms with Crippen LogP contribution in [0.3, 0.4) is 0 Å². The zero-order chi connectivity index (χ0) is 13.8. The van der Waals surface area contributed by atoms with Crippen molar-refractivity contribution in [2.75, 3.05) is 0 Å². The Morgan fingerprint density at radius 3 is 3.00 bits per heavy atom. The average molecular weight is 259 g/mol. The minimum absolute atomic E-state index is 0.0167. The Balaban J connectivity index is 2.12. The summed E-state index contributed by atoms with van der Waals surface area (Å²) in [5, 5.41) is 3.13. The van der Waals surface area contributed by atoms with Gasteiger partial charge in [0.1, 0.15) is 5.82 Å². The van der Waals surface area contributed by atoms with Crippen LogP contribution in [0.4, 0.5) is 4.39 Å². The van der Waals surface area contributed by atoms with Gasteiger partial charge in [0.25, 0.3) is 0 Å². The molecule has 0 amide bonds. The van der Waals surface area contributed by atoms with Gasteiger partial charge < -0.3 is 16.8 Å². The first-order chi connectivity index (χ1) is 9.08. The molecule has 1 unspecified atom stereocenters. The maximum atomic E-state index is 13.1. The van der Waals surface area contributed by atoms with E-state index in [4.69, 9.17) is 11.5 Å². The normalized spacial score (nSPS) is 20.4. The van der Waals surface area contributed by atoms with E-state index in [1.807, 2.05) is 18.2 Å². The highest BCUT2D eigenvalue weighted by Gasteiger charge is 2.16. The summed E-state index contributed by atoms with van der Waals surface area (Å²) in [5.41, 5.74) is 12.3. The van der Waals surface area contributed by atoms with Crippen molar-refractivity contribution in [1.82, 2.24) is 5.32 Å². The van der Waals surface area contributed by atoms with Gasteiger partial charge in [-0.05, 0) is 17.7 Å². The lowest BCUT2D eigenvalue weighted by Gasteiger charge is -2.21. The van der Waals surface area contributed by atoms with E-state index in [-0.39, 0.29) is 6.04 Å². The summed E-state index contributed by atoms with van der Waals surface area (Å²) in [6.45, 7) is 3.77. The number of hydrogen-bond donors (Lipinski definition) is 3. The fourth-order valence-electron chi connectivity index (χ4n) is 1.60. The molecule has 0 saturated heterocycles. The molecule has 1 atom stereocenters. The van der Waals surface area contributed by atoms with Crippen LogP contribution in [-0.2, 0) is 0 Å². The summed E-state index contributed by atoms with van der Waals surface area (Å²) in [7, 11) is 0. The zero-order valence-corrected chi connectivity index (χ0v) is 10.2. The summed E-state index contributed by atoms with van der Waals surface area (Å²) >= 11 is 0. The molecule has 6 heteroatoms. The molecule has 2 rings (SSSR count). The summed E-state index contributed by atoms with van der Waals surface area (Å²) < 4.78 is 13.1. The molecule has 5 nitrogen and oxygen atoms in total. The smallest absolute Gasteiger partial charge is 0.180 e. The van der Waals surface area contributed by atoms with Crippen LogP contribution >= 0.6 is 0 Å². The highest BCUT2D eigenvalue weighted by Crippen LogP contribution is 2.18. The van der Waals surface area contributed by atoms with Gasteiger partial charge in [-0.3, -0.25) is 9.98 Å². The van der Waals surface area contributed by atoms with Gasteiger partial charge in [0.15, 0.2) is 5.83 Å². The van der Waals surface area contributed by atoms with Gasteiger partial charge in [-0.25, -0.2) is 4.39 Å². The monoisotopic (exact) mass is 259 g/mol. The van der Waals surface area contributed by atoms with E-state index in [1.165, 1.54) is 0 Å². The molecule has 0 aromatic rings. The average Bonchev–Trinajstić information content (AvgIpc) is 2.43. The van der Waals surface area contributed by atoms with Crippen LogP contribution in [0, 0.1) is 0 Å². The molecule has 0 fully saturated rings. The number of halogens is 1. The molecule has 0 spiro atoms. The maximum absolute atomic E-state index is 13.1. The number of rotatable bonds is 3. The van der Waals surface area contributed by atoms with Gasteiger partial charge in [-0.2, -0.15) is 0 Å². The molecule has 19 heavy (non-hydrogen) atoms. The molecule has 1 aliphatic carbocycles. The summed E-state index contributed by atoms with van der Waals surface area (Å²) in [6, 6.07) is -0.0167. The SMILES string of the molecule is C=C(/N=C\C(F)=C(N)N)C1=CC2NC=CN=C2C=C1. The fourth-order valence-corrected chi connectivity index (χ4v) is 1.60. The number of nitrogens with one attached hydrogen (secondary N) is 1. The second-order valence-corrected chi connectivity index (χ2v) is 3.98. The Kier molecular flexibility index (Phi) is 3.61. The Labute approximate surface area is 110 Å². The number of hydrogen-bond acceptors (Lipinski definition) is 5. The van der Waals surface area contributed by atoms with Gasteiger partial charge in [0, 0.05) is 12.4 Å². The molecular weight excluding hydrogens is 245 g/mol. The molecule has 0 radical (unpaired) electrons. The van der Waals surface area contributed by atoms with Gasteiger partial charge in [0.2, 0.25) is 0 Å². The van der Waals surface area contributed by atoms with Crippen LogP contribution in [0.15, 0.2) is 70.1 Å². The number of allylic oxidation sites excluding steroid dienone is 2. The standard InChI is InChI=1S/C13H14FN5/c1-8(19-7-10(14)13(15)16)9-2-3-11-12(6-9)18-5-4-17-11/h2-7,12,18H,1,15-16H2/b19-7-. The van der Waals surface area contributed by atoms with Crippen LogP contribution < -0.4 is 16.8 Å². The third kappa shape index (κ3) is 2.98. The van der Waals surface area contributed by atoms with Crippen LogP contribution in [0.25, 0.3) is 0 Å². The van der Waals surface area contributed by atoms with E-state index >= 15 is 0 Å². The van der Waals surface area contributed by atoms with Crippen molar-refractivity contribution in [2.45, 2.75) is 6.04 Å². The predicted octanol–water partition coefficient (Wildman–Crippen LogP) is 1.01. The third-order valence-electron chi connectivity index (χ3n) is 2.62. The number of nitrogens with zero attached hydrogens (tertiary/aromatic N) is 2. The van der Waals surface area contributed by atoms with Crippen molar-refractivity contribution in [3.8, 4) is 0 Å². The highest BCUT2D eigenvalue weighted by molar-refractivity contribution is 6.03. The lowest BCUT2D eigenvalue weighted by Crippen LogP contribution is -2.34. The first-order valence-corrected chi connectivity index (χ1v) is 5.60. The van der Waals surface area contributed by atoms with E-state index in [2.05, 4.69) is 21.9 Å². The van der Waals surface area contributed by atoms with E-state index in [1.54, 1.807) is 12.4 Å². The van der Waals surface area contributed by atoms with Gasteiger partial charge >= 0.3 is 0 Å². The van der Waals surface area contributed by atoms with Crippen LogP contribution in [0.1, 0.15) is 0 Å². The Morgan fingerprint density at radius 2 is 2.26 bits per heavy atom. The van der Waals surface area contributed by atoms with Crippen LogP contribution in [-0.4, -0.2) is 18.0 Å². The molecule has 2 aliphatic rings. The van der Waals surface area contributed by atoms with Gasteiger partial charge in [0.05, 0.1) is 23.7 Å². The molecule has 5 N–H and O–H groups in total. The van der Waals surface area contributed by atoms with E-state index in [9.17, 15) is 4.39 Å². The summed E-state index contributed by atoms with van der Waals surface area (Å²) in [5.74, 6) is -1.18. The third-order valence-corrected chi connectivity index (χ3v) is 2.62. The second-order valence-electron chi connectivity index (χ2n) is 3.98. The molecule has 1 heterocycles. The molecule has 0 aromatic heterocycles. The first kappa shape index (κ1) is 12.8. The second kappa shape index (κ2) is 5.34. The topological polar surface area (TPSA) is 88.8 Å². The van der Waals surface area contributed by atoms with Crippen molar-refractivity contribution in [2.24, 2.45) is 21.5 Å². The van der Waals surface area contributed by atoms with Gasteiger partial charge in [-0.1, -0.05) is 12.7 Å². The fraction of sp³-hybridized carbons (Fsp3) is 0.0769. The molecule has 0 saturated carbocycles. The number of aliphatic imine (C=N–C) groups is 2. The predicted molar refractivity (Wildman–Crippen MR) is 74.9 cm³/mol. The van der Waals surface area contributed by atoms with Crippen molar-refractivity contribution in [1.29, 1.82) is 0 Å². The highest BCUT2D eigenvalue weighted by atomic mass is 19.1. The molecule has 0 aromatic carbocycles. The van der Waals surface area contributed by atoms with E-state index in [0.29, 0.717) is 5.70 Å². The first-order valence-electron chi connectivity index (χ1n) is 5.60. The van der Waals surface area contributed by atoms with Gasteiger partial charge in [-0.15, -0.1) is 0 Å². The Bertz CT molecular complexity index is 574. The Hall–Kier alpha value is -2.63. The summed E-state index contributed by atoms with van der Waals surface area (Å²) in [4.78, 5) is 8.11. The minimum atomic E-state index is -0.775. The molecule has 1 aliphatic heterocycles. The summed E-state index contributed by atoms with van der Waals surface area (Å²) in [6.07, 6.45) is 9.99. The van der Waals surface area contributed by atoms with Crippen LogP contribution in [0.2, 0.25) is 0 Å². The largest absolute Gasteiger partial charge is 0.383 e. The van der Waals surface area contributed by atoms with Crippen molar-refractivity contribution >= 4 is 11.9 Å². The molecule has 98 valence electrons. The number of nitrogens with two attached hydrogens (primary N) is 2. The maximum Gasteiger partial charge on any atom is 0.180 e.